The van der Waals surface area contributed by atoms with Crippen molar-refractivity contribution in [2.24, 2.45) is 11.8 Å². The maximum Gasteiger partial charge on any atom is 0.420 e. The standard InChI is InChI=1S/C12H11ClF3N3O2/c1-5-6(2)11(21)19(10(5)20)18-9-7(12(14,15)16)3-4-8(13)17-9/h3-6H,1-2H3,(H,17,18). The Hall–Kier alpha value is -1.83. The van der Waals surface area contributed by atoms with E-state index in [0.717, 1.165) is 12.1 Å². The van der Waals surface area contributed by atoms with E-state index in [1.165, 1.54) is 13.8 Å². The molecule has 2 atom stereocenters. The van der Waals surface area contributed by atoms with Crippen LogP contribution in [-0.2, 0) is 15.8 Å². The third kappa shape index (κ3) is 2.80. The van der Waals surface area contributed by atoms with E-state index < -0.39 is 41.2 Å². The fourth-order valence-corrected chi connectivity index (χ4v) is 2.06. The van der Waals surface area contributed by atoms with Crippen molar-refractivity contribution in [1.82, 2.24) is 9.99 Å². The van der Waals surface area contributed by atoms with Crippen LogP contribution in [-0.4, -0.2) is 21.8 Å². The number of nitrogens with zero attached hydrogens (tertiary/aromatic N) is 2. The van der Waals surface area contributed by atoms with Crippen molar-refractivity contribution in [1.29, 1.82) is 0 Å². The predicted octanol–water partition coefficient (Wildman–Crippen LogP) is 2.72. The van der Waals surface area contributed by atoms with E-state index in [1.807, 2.05) is 0 Å². The summed E-state index contributed by atoms with van der Waals surface area (Å²) < 4.78 is 38.7. The number of carbonyl (C=O) groups excluding carboxylic acids is 2. The molecule has 0 saturated carbocycles. The number of halogens is 4. The predicted molar refractivity (Wildman–Crippen MR) is 68.1 cm³/mol. The molecule has 114 valence electrons. The molecule has 1 saturated heterocycles. The molecule has 5 nitrogen and oxygen atoms in total. The van der Waals surface area contributed by atoms with Crippen molar-refractivity contribution < 1.29 is 22.8 Å². The van der Waals surface area contributed by atoms with Gasteiger partial charge in [-0.05, 0) is 12.1 Å². The Labute approximate surface area is 123 Å². The molecule has 1 aliphatic rings. The van der Waals surface area contributed by atoms with E-state index in [0.29, 0.717) is 5.01 Å². The Morgan fingerprint density at radius 2 is 1.71 bits per heavy atom. The van der Waals surface area contributed by atoms with Crippen LogP contribution in [0.25, 0.3) is 0 Å². The molecule has 0 aromatic carbocycles. The second-order valence-corrected chi connectivity index (χ2v) is 5.12. The number of imide groups is 1. The monoisotopic (exact) mass is 321 g/mol. The third-order valence-electron chi connectivity index (χ3n) is 3.35. The second-order valence-electron chi connectivity index (χ2n) is 4.73. The summed E-state index contributed by atoms with van der Waals surface area (Å²) in [7, 11) is 0. The van der Waals surface area contributed by atoms with E-state index >= 15 is 0 Å². The first-order valence-electron chi connectivity index (χ1n) is 6.01. The molecule has 0 spiro atoms. The Morgan fingerprint density at radius 3 is 2.19 bits per heavy atom. The van der Waals surface area contributed by atoms with Crippen LogP contribution >= 0.6 is 11.6 Å². The Kier molecular flexibility index (Phi) is 3.83. The van der Waals surface area contributed by atoms with Crippen molar-refractivity contribution in [2.45, 2.75) is 20.0 Å². The Balaban J connectivity index is 2.38. The molecule has 2 amide bonds. The summed E-state index contributed by atoms with van der Waals surface area (Å²) in [6, 6.07) is 1.71. The van der Waals surface area contributed by atoms with Crippen LogP contribution in [0.5, 0.6) is 0 Å². The maximum absolute atomic E-state index is 12.9. The van der Waals surface area contributed by atoms with Gasteiger partial charge >= 0.3 is 6.18 Å². The molecule has 1 aliphatic heterocycles. The molecule has 2 unspecified atom stereocenters. The van der Waals surface area contributed by atoms with Crippen molar-refractivity contribution in [3.8, 4) is 0 Å². The largest absolute Gasteiger partial charge is 0.420 e. The molecular formula is C12H11ClF3N3O2. The van der Waals surface area contributed by atoms with Crippen LogP contribution in [0, 0.1) is 11.8 Å². The van der Waals surface area contributed by atoms with Crippen LogP contribution in [0.1, 0.15) is 19.4 Å². The molecular weight excluding hydrogens is 311 g/mol. The molecule has 2 heterocycles. The first-order chi connectivity index (χ1) is 9.62. The molecule has 1 N–H and O–H groups in total. The zero-order valence-corrected chi connectivity index (χ0v) is 11.8. The van der Waals surface area contributed by atoms with E-state index in [-0.39, 0.29) is 5.15 Å². The average Bonchev–Trinajstić information content (AvgIpc) is 2.55. The number of anilines is 1. The number of aromatic nitrogens is 1. The van der Waals surface area contributed by atoms with Gasteiger partial charge in [-0.2, -0.15) is 18.2 Å². The zero-order chi connectivity index (χ0) is 15.9. The summed E-state index contributed by atoms with van der Waals surface area (Å²) in [5.41, 5.74) is 1.02. The van der Waals surface area contributed by atoms with Gasteiger partial charge in [0.05, 0.1) is 5.56 Å². The summed E-state index contributed by atoms with van der Waals surface area (Å²) in [5.74, 6) is -3.13. The number of carbonyl (C=O) groups is 2. The van der Waals surface area contributed by atoms with Gasteiger partial charge in [0.15, 0.2) is 5.82 Å². The molecule has 0 aliphatic carbocycles. The zero-order valence-electron chi connectivity index (χ0n) is 11.0. The molecule has 1 fully saturated rings. The van der Waals surface area contributed by atoms with Crippen molar-refractivity contribution >= 4 is 29.2 Å². The lowest BCUT2D eigenvalue weighted by atomic mass is 10.00. The molecule has 1 aromatic rings. The lowest BCUT2D eigenvalue weighted by Crippen LogP contribution is -2.37. The fourth-order valence-electron chi connectivity index (χ4n) is 1.91. The number of hydrogen-bond acceptors (Lipinski definition) is 4. The highest BCUT2D eigenvalue weighted by atomic mass is 35.5. The normalized spacial score (nSPS) is 22.9. The van der Waals surface area contributed by atoms with Crippen molar-refractivity contribution in [3.63, 3.8) is 0 Å². The molecule has 2 rings (SSSR count). The quantitative estimate of drug-likeness (QED) is 0.672. The van der Waals surface area contributed by atoms with Gasteiger partial charge in [0.1, 0.15) is 5.15 Å². The number of amides is 2. The van der Waals surface area contributed by atoms with Gasteiger partial charge in [0, 0.05) is 11.8 Å². The van der Waals surface area contributed by atoms with Gasteiger partial charge in [0.25, 0.3) is 11.8 Å². The van der Waals surface area contributed by atoms with Crippen LogP contribution in [0.3, 0.4) is 0 Å². The maximum atomic E-state index is 12.9. The first kappa shape index (κ1) is 15.6. The summed E-state index contributed by atoms with van der Waals surface area (Å²) in [4.78, 5) is 27.3. The average molecular weight is 322 g/mol. The summed E-state index contributed by atoms with van der Waals surface area (Å²) in [6.07, 6.45) is -4.69. The minimum atomic E-state index is -4.69. The summed E-state index contributed by atoms with van der Waals surface area (Å²) >= 11 is 5.58. The topological polar surface area (TPSA) is 62.3 Å². The van der Waals surface area contributed by atoms with Crippen LogP contribution < -0.4 is 5.43 Å². The highest BCUT2D eigenvalue weighted by Gasteiger charge is 2.44. The summed E-state index contributed by atoms with van der Waals surface area (Å²) in [6.45, 7) is 3.06. The Morgan fingerprint density at radius 1 is 1.19 bits per heavy atom. The fraction of sp³-hybridized carbons (Fsp3) is 0.417. The van der Waals surface area contributed by atoms with Gasteiger partial charge < -0.3 is 0 Å². The first-order valence-corrected chi connectivity index (χ1v) is 6.39. The van der Waals surface area contributed by atoms with Crippen molar-refractivity contribution in [2.75, 3.05) is 5.43 Å². The van der Waals surface area contributed by atoms with Gasteiger partial charge in [0.2, 0.25) is 0 Å². The number of alkyl halides is 3. The number of rotatable bonds is 2. The molecule has 9 heteroatoms. The smallest absolute Gasteiger partial charge is 0.272 e. The number of hydrazine groups is 1. The highest BCUT2D eigenvalue weighted by Crippen LogP contribution is 2.35. The lowest BCUT2D eigenvalue weighted by molar-refractivity contribution is -0.140. The molecule has 21 heavy (non-hydrogen) atoms. The van der Waals surface area contributed by atoms with E-state index in [4.69, 9.17) is 11.6 Å². The lowest BCUT2D eigenvalue weighted by Gasteiger charge is -2.19. The van der Waals surface area contributed by atoms with Crippen LogP contribution in [0.2, 0.25) is 5.15 Å². The van der Waals surface area contributed by atoms with Crippen molar-refractivity contribution in [3.05, 3.63) is 22.8 Å². The van der Waals surface area contributed by atoms with E-state index in [2.05, 4.69) is 10.4 Å². The minimum Gasteiger partial charge on any atom is -0.272 e. The van der Waals surface area contributed by atoms with E-state index in [9.17, 15) is 22.8 Å². The third-order valence-corrected chi connectivity index (χ3v) is 3.56. The molecule has 1 aromatic heterocycles. The molecule has 0 radical (unpaired) electrons. The Bertz CT molecular complexity index is 586. The second kappa shape index (κ2) is 5.18. The van der Waals surface area contributed by atoms with Gasteiger partial charge in [-0.15, -0.1) is 0 Å². The minimum absolute atomic E-state index is 0.189. The SMILES string of the molecule is CC1C(=O)N(Nc2nc(Cl)ccc2C(F)(F)F)C(=O)C1C. The molecule has 0 bridgehead atoms. The van der Waals surface area contributed by atoms with Gasteiger partial charge in [-0.25, -0.2) is 4.98 Å². The van der Waals surface area contributed by atoms with Crippen LogP contribution in [0.15, 0.2) is 12.1 Å². The van der Waals surface area contributed by atoms with Gasteiger partial charge in [-0.1, -0.05) is 25.4 Å². The number of nitrogens with one attached hydrogen (secondary N) is 1. The van der Waals surface area contributed by atoms with Gasteiger partial charge in [-0.3, -0.25) is 15.0 Å². The van der Waals surface area contributed by atoms with E-state index in [1.54, 1.807) is 0 Å². The number of hydrogen-bond donors (Lipinski definition) is 1. The highest BCUT2D eigenvalue weighted by molar-refractivity contribution is 6.29. The number of pyridine rings is 1. The van der Waals surface area contributed by atoms with Crippen LogP contribution in [0.4, 0.5) is 19.0 Å². The summed E-state index contributed by atoms with van der Waals surface area (Å²) in [5, 5.41) is 0.370.